The van der Waals surface area contributed by atoms with Crippen LogP contribution in [0.4, 0.5) is 0 Å². The van der Waals surface area contributed by atoms with E-state index in [9.17, 15) is 4.79 Å². The summed E-state index contributed by atoms with van der Waals surface area (Å²) in [6, 6.07) is 5.99. The second-order valence-corrected chi connectivity index (χ2v) is 6.92. The van der Waals surface area contributed by atoms with Crippen molar-refractivity contribution >= 4 is 27.5 Å². The fourth-order valence-electron chi connectivity index (χ4n) is 3.57. The van der Waals surface area contributed by atoms with Crippen molar-refractivity contribution in [3.63, 3.8) is 0 Å². The van der Waals surface area contributed by atoms with Gasteiger partial charge in [0, 0.05) is 18.0 Å². The number of benzene rings is 1. The van der Waals surface area contributed by atoms with E-state index in [2.05, 4.69) is 14.6 Å². The second kappa shape index (κ2) is 5.52. The third kappa shape index (κ3) is 2.36. The maximum Gasteiger partial charge on any atom is 0.271 e. The van der Waals surface area contributed by atoms with Crippen LogP contribution in [0, 0.1) is 5.92 Å². The van der Waals surface area contributed by atoms with Gasteiger partial charge in [-0.05, 0) is 61.6 Å². The van der Waals surface area contributed by atoms with Crippen LogP contribution in [0.25, 0.3) is 10.1 Å². The number of amides is 1. The number of piperidine rings is 3. The number of hydrogen-bond donors (Lipinski definition) is 1. The molecule has 5 rings (SSSR count). The lowest BCUT2D eigenvalue weighted by molar-refractivity contribution is 0.0619. The van der Waals surface area contributed by atoms with E-state index >= 15 is 0 Å². The van der Waals surface area contributed by atoms with Crippen molar-refractivity contribution in [2.45, 2.75) is 18.9 Å². The van der Waals surface area contributed by atoms with Crippen LogP contribution < -0.4 is 10.1 Å². The Morgan fingerprint density at radius 1 is 1.41 bits per heavy atom. The van der Waals surface area contributed by atoms with Gasteiger partial charge in [-0.1, -0.05) is 0 Å². The topological polar surface area (TPSA) is 54.5 Å². The average Bonchev–Trinajstić information content (AvgIpc) is 2.99. The molecule has 2 aromatic rings. The van der Waals surface area contributed by atoms with Gasteiger partial charge in [0.15, 0.2) is 0 Å². The zero-order valence-electron chi connectivity index (χ0n) is 12.5. The minimum Gasteiger partial charge on any atom is -0.497 e. The predicted octanol–water partition coefficient (Wildman–Crippen LogP) is 2.13. The zero-order valence-corrected chi connectivity index (χ0v) is 13.4. The molecule has 3 fully saturated rings. The summed E-state index contributed by atoms with van der Waals surface area (Å²) in [5.74, 6) is 1.37. The molecule has 0 spiro atoms. The molecule has 4 heterocycles. The number of rotatable bonds is 3. The number of carbonyl (C=O) groups excluding carboxylic acids is 1. The summed E-state index contributed by atoms with van der Waals surface area (Å²) in [5, 5.41) is 4.11. The summed E-state index contributed by atoms with van der Waals surface area (Å²) >= 11 is 1.35. The molecule has 3 aliphatic heterocycles. The van der Waals surface area contributed by atoms with Crippen LogP contribution >= 0.6 is 11.5 Å². The van der Waals surface area contributed by atoms with Crippen LogP contribution in [0.2, 0.25) is 0 Å². The summed E-state index contributed by atoms with van der Waals surface area (Å²) in [5.41, 5.74) is 0.541. The Morgan fingerprint density at radius 2 is 2.23 bits per heavy atom. The fourth-order valence-corrected chi connectivity index (χ4v) is 4.38. The van der Waals surface area contributed by atoms with Crippen molar-refractivity contribution in [1.29, 1.82) is 0 Å². The van der Waals surface area contributed by atoms with Gasteiger partial charge >= 0.3 is 0 Å². The van der Waals surface area contributed by atoms with Gasteiger partial charge in [-0.25, -0.2) is 0 Å². The quantitative estimate of drug-likeness (QED) is 0.942. The summed E-state index contributed by atoms with van der Waals surface area (Å²) < 4.78 is 10.6. The largest absolute Gasteiger partial charge is 0.497 e. The highest BCUT2D eigenvalue weighted by Gasteiger charge is 2.35. The number of nitrogens with one attached hydrogen (secondary N) is 1. The zero-order chi connectivity index (χ0) is 15.1. The third-order valence-electron chi connectivity index (χ3n) is 4.87. The van der Waals surface area contributed by atoms with Crippen LogP contribution in [-0.2, 0) is 0 Å². The number of aromatic nitrogens is 1. The maximum atomic E-state index is 12.6. The molecule has 1 N–H and O–H groups in total. The molecule has 1 aromatic carbocycles. The molecule has 22 heavy (non-hydrogen) atoms. The van der Waals surface area contributed by atoms with Crippen molar-refractivity contribution in [2.24, 2.45) is 5.92 Å². The Morgan fingerprint density at radius 3 is 2.91 bits per heavy atom. The Balaban J connectivity index is 1.55. The van der Waals surface area contributed by atoms with Gasteiger partial charge in [0.05, 0.1) is 11.8 Å². The van der Waals surface area contributed by atoms with Gasteiger partial charge in [-0.15, -0.1) is 0 Å². The molecule has 1 amide bonds. The summed E-state index contributed by atoms with van der Waals surface area (Å²) in [6.45, 7) is 3.33. The van der Waals surface area contributed by atoms with E-state index in [1.807, 2.05) is 18.2 Å². The van der Waals surface area contributed by atoms with Gasteiger partial charge < -0.3 is 15.0 Å². The number of fused-ring (bicyclic) bond motifs is 4. The minimum absolute atomic E-state index is 0.0461. The van der Waals surface area contributed by atoms with Crippen LogP contribution in [0.1, 0.15) is 23.3 Å². The molecule has 0 aliphatic carbocycles. The SMILES string of the molecule is COc1ccc2c(C(=O)N[C@H]3CN4CCC3CC4)nsc2c1. The van der Waals surface area contributed by atoms with Crippen LogP contribution in [0.15, 0.2) is 18.2 Å². The number of nitrogens with zero attached hydrogens (tertiary/aromatic N) is 2. The van der Waals surface area contributed by atoms with E-state index in [-0.39, 0.29) is 11.9 Å². The van der Waals surface area contributed by atoms with Crippen molar-refractivity contribution in [1.82, 2.24) is 14.6 Å². The summed E-state index contributed by atoms with van der Waals surface area (Å²) in [6.07, 6.45) is 2.39. The minimum atomic E-state index is -0.0461. The smallest absolute Gasteiger partial charge is 0.271 e. The van der Waals surface area contributed by atoms with E-state index in [0.29, 0.717) is 11.6 Å². The first-order valence-electron chi connectivity index (χ1n) is 7.71. The summed E-state index contributed by atoms with van der Waals surface area (Å²) in [4.78, 5) is 15.0. The molecular weight excluding hydrogens is 298 g/mol. The third-order valence-corrected chi connectivity index (χ3v) is 5.68. The predicted molar refractivity (Wildman–Crippen MR) is 86.6 cm³/mol. The molecule has 0 unspecified atom stereocenters. The molecular formula is C16H19N3O2S. The Bertz CT molecular complexity index is 706. The molecule has 3 saturated heterocycles. The van der Waals surface area contributed by atoms with Gasteiger partial charge in [0.25, 0.3) is 5.91 Å². The number of hydrogen-bond acceptors (Lipinski definition) is 5. The molecule has 1 atom stereocenters. The molecule has 2 bridgehead atoms. The summed E-state index contributed by atoms with van der Waals surface area (Å²) in [7, 11) is 1.64. The van der Waals surface area contributed by atoms with Crippen LogP contribution in [-0.4, -0.2) is 48.0 Å². The van der Waals surface area contributed by atoms with Crippen molar-refractivity contribution in [2.75, 3.05) is 26.7 Å². The van der Waals surface area contributed by atoms with E-state index in [1.165, 1.54) is 37.5 Å². The lowest BCUT2D eigenvalue weighted by Gasteiger charge is -2.44. The van der Waals surface area contributed by atoms with Crippen LogP contribution in [0.5, 0.6) is 5.75 Å². The number of carbonyl (C=O) groups is 1. The Hall–Kier alpha value is -1.66. The highest BCUT2D eigenvalue weighted by Crippen LogP contribution is 2.29. The van der Waals surface area contributed by atoms with Gasteiger partial charge in [0.1, 0.15) is 11.4 Å². The fraction of sp³-hybridized carbons (Fsp3) is 0.500. The first-order valence-corrected chi connectivity index (χ1v) is 8.48. The maximum absolute atomic E-state index is 12.6. The van der Waals surface area contributed by atoms with E-state index < -0.39 is 0 Å². The number of methoxy groups -OCH3 is 1. The average molecular weight is 317 g/mol. The Kier molecular flexibility index (Phi) is 3.50. The van der Waals surface area contributed by atoms with Gasteiger partial charge in [0.2, 0.25) is 0 Å². The number of ether oxygens (including phenoxy) is 1. The normalized spacial score (nSPS) is 27.0. The molecule has 6 heteroatoms. The van der Waals surface area contributed by atoms with Crippen molar-refractivity contribution in [3.8, 4) is 5.75 Å². The van der Waals surface area contributed by atoms with Gasteiger partial charge in [-0.2, -0.15) is 4.37 Å². The highest BCUT2D eigenvalue weighted by atomic mass is 32.1. The van der Waals surface area contributed by atoms with Gasteiger partial charge in [-0.3, -0.25) is 4.79 Å². The standard InChI is InChI=1S/C16H19N3O2S/c1-21-11-2-3-12-14(8-11)22-18-15(12)16(20)17-13-9-19-6-4-10(13)5-7-19/h2-3,8,10,13H,4-7,9H2,1H3,(H,17,20)/t13-/m0/s1. The first kappa shape index (κ1) is 14.0. The molecule has 1 aromatic heterocycles. The van der Waals surface area contributed by atoms with Crippen molar-refractivity contribution in [3.05, 3.63) is 23.9 Å². The molecule has 3 aliphatic rings. The molecule has 0 radical (unpaired) electrons. The van der Waals surface area contributed by atoms with E-state index in [1.54, 1.807) is 7.11 Å². The second-order valence-electron chi connectivity index (χ2n) is 6.11. The van der Waals surface area contributed by atoms with Crippen LogP contribution in [0.3, 0.4) is 0 Å². The lowest BCUT2D eigenvalue weighted by Crippen LogP contribution is -2.57. The van der Waals surface area contributed by atoms with E-state index in [0.717, 1.165) is 22.4 Å². The first-order chi connectivity index (χ1) is 10.7. The Labute approximate surface area is 133 Å². The van der Waals surface area contributed by atoms with Crippen molar-refractivity contribution < 1.29 is 9.53 Å². The molecule has 116 valence electrons. The monoisotopic (exact) mass is 317 g/mol. The lowest BCUT2D eigenvalue weighted by atomic mass is 9.84. The van der Waals surface area contributed by atoms with E-state index in [4.69, 9.17) is 4.74 Å². The highest BCUT2D eigenvalue weighted by molar-refractivity contribution is 7.13. The molecule has 5 nitrogen and oxygen atoms in total. The molecule has 0 saturated carbocycles.